The first-order valence-corrected chi connectivity index (χ1v) is 9.75. The third-order valence-corrected chi connectivity index (χ3v) is 6.40. The van der Waals surface area contributed by atoms with Crippen LogP contribution in [0.5, 0.6) is 0 Å². The lowest BCUT2D eigenvalue weighted by molar-refractivity contribution is 0.164. The molecule has 2 atom stereocenters. The van der Waals surface area contributed by atoms with Gasteiger partial charge >= 0.3 is 0 Å². The van der Waals surface area contributed by atoms with Gasteiger partial charge < -0.3 is 19.4 Å². The summed E-state index contributed by atoms with van der Waals surface area (Å²) in [5.74, 6) is 0.881. The highest BCUT2D eigenvalue weighted by Crippen LogP contribution is 2.54. The van der Waals surface area contributed by atoms with Gasteiger partial charge in [-0.2, -0.15) is 0 Å². The number of likely N-dealkylation sites (N-methyl/N-ethyl adjacent to an activating group) is 1. The van der Waals surface area contributed by atoms with Crippen molar-refractivity contribution in [1.29, 1.82) is 0 Å². The maximum atomic E-state index is 10.5. The van der Waals surface area contributed by atoms with Crippen molar-refractivity contribution in [2.45, 2.75) is 44.6 Å². The second-order valence-corrected chi connectivity index (χ2v) is 7.67. The lowest BCUT2D eigenvalue weighted by Gasteiger charge is -2.44. The topological polar surface area (TPSA) is 52.7 Å². The van der Waals surface area contributed by atoms with Crippen LogP contribution in [0.15, 0.2) is 28.8 Å². The van der Waals surface area contributed by atoms with E-state index in [0.717, 1.165) is 37.5 Å². The van der Waals surface area contributed by atoms with Crippen LogP contribution < -0.4 is 4.90 Å². The Hall–Kier alpha value is -1.85. The van der Waals surface area contributed by atoms with Crippen molar-refractivity contribution in [1.82, 2.24) is 10.1 Å². The molecule has 0 saturated carbocycles. The monoisotopic (exact) mass is 355 g/mol. The minimum absolute atomic E-state index is 0.00713. The number of hydrogen-bond acceptors (Lipinski definition) is 5. The first-order chi connectivity index (χ1) is 12.6. The third kappa shape index (κ3) is 2.41. The van der Waals surface area contributed by atoms with Crippen LogP contribution in [0.4, 0.5) is 5.69 Å². The Bertz CT molecular complexity index is 781. The molecule has 140 valence electrons. The smallest absolute Gasteiger partial charge is 0.139 e. The van der Waals surface area contributed by atoms with Crippen LogP contribution in [0.2, 0.25) is 0 Å². The predicted octanol–water partition coefficient (Wildman–Crippen LogP) is 3.06. The standard InChI is InChI=1S/C21H29N3O2/c1-4-18-20(15(2)26-22-18)21(14-24-11-7-8-12-24)17(13-25)16-9-5-6-10-19(16)23(21)3/h5-6,9-10,17,25H,4,7-8,11-14H2,1-3H3. The number of para-hydroxylation sites is 1. The van der Waals surface area contributed by atoms with E-state index in [-0.39, 0.29) is 18.1 Å². The van der Waals surface area contributed by atoms with Crippen LogP contribution in [-0.2, 0) is 12.0 Å². The van der Waals surface area contributed by atoms with Crippen molar-refractivity contribution >= 4 is 5.69 Å². The van der Waals surface area contributed by atoms with E-state index >= 15 is 0 Å². The van der Waals surface area contributed by atoms with Gasteiger partial charge in [0.15, 0.2) is 0 Å². The number of rotatable bonds is 5. The molecule has 0 aliphatic carbocycles. The second-order valence-electron chi connectivity index (χ2n) is 7.67. The lowest BCUT2D eigenvalue weighted by atomic mass is 9.75. The Labute approximate surface area is 155 Å². The highest BCUT2D eigenvalue weighted by molar-refractivity contribution is 5.66. The Morgan fingerprint density at radius 2 is 2.00 bits per heavy atom. The van der Waals surface area contributed by atoms with Crippen LogP contribution in [0.3, 0.4) is 0 Å². The summed E-state index contributed by atoms with van der Waals surface area (Å²) in [6.45, 7) is 7.38. The number of aliphatic hydroxyl groups is 1. The molecule has 2 unspecified atom stereocenters. The molecule has 0 bridgehead atoms. The third-order valence-electron chi connectivity index (χ3n) is 6.40. The zero-order valence-corrected chi connectivity index (χ0v) is 16.0. The summed E-state index contributed by atoms with van der Waals surface area (Å²) in [7, 11) is 2.16. The van der Waals surface area contributed by atoms with Gasteiger partial charge in [-0.3, -0.25) is 0 Å². The van der Waals surface area contributed by atoms with Crippen LogP contribution in [0.1, 0.15) is 48.3 Å². The minimum atomic E-state index is -0.349. The summed E-state index contributed by atoms with van der Waals surface area (Å²) in [5, 5.41) is 14.9. The van der Waals surface area contributed by atoms with Crippen LogP contribution in [-0.4, -0.2) is 48.5 Å². The quantitative estimate of drug-likeness (QED) is 0.893. The minimum Gasteiger partial charge on any atom is -0.396 e. The highest BCUT2D eigenvalue weighted by atomic mass is 16.5. The summed E-state index contributed by atoms with van der Waals surface area (Å²) < 4.78 is 5.65. The van der Waals surface area contributed by atoms with E-state index in [9.17, 15) is 5.11 Å². The normalized spacial score (nSPS) is 25.8. The van der Waals surface area contributed by atoms with Gasteiger partial charge in [0.05, 0.1) is 17.8 Å². The maximum Gasteiger partial charge on any atom is 0.139 e. The molecule has 2 aliphatic rings. The number of anilines is 1. The molecule has 26 heavy (non-hydrogen) atoms. The van der Waals surface area contributed by atoms with Crippen molar-refractivity contribution in [3.63, 3.8) is 0 Å². The van der Waals surface area contributed by atoms with Gasteiger partial charge in [-0.15, -0.1) is 0 Å². The van der Waals surface area contributed by atoms with E-state index in [1.807, 2.05) is 6.92 Å². The van der Waals surface area contributed by atoms with Crippen molar-refractivity contribution in [3.05, 3.63) is 46.8 Å². The number of likely N-dealkylation sites (tertiary alicyclic amines) is 1. The van der Waals surface area contributed by atoms with Gasteiger partial charge in [0.1, 0.15) is 5.76 Å². The second kappa shape index (κ2) is 6.71. The van der Waals surface area contributed by atoms with E-state index < -0.39 is 0 Å². The Balaban J connectivity index is 1.92. The van der Waals surface area contributed by atoms with Crippen LogP contribution in [0.25, 0.3) is 0 Å². The van der Waals surface area contributed by atoms with Crippen molar-refractivity contribution < 1.29 is 9.63 Å². The summed E-state index contributed by atoms with van der Waals surface area (Å²) in [5.41, 5.74) is 4.26. The van der Waals surface area contributed by atoms with Crippen molar-refractivity contribution in [3.8, 4) is 0 Å². The summed E-state index contributed by atoms with van der Waals surface area (Å²) in [4.78, 5) is 4.91. The van der Waals surface area contributed by atoms with Crippen molar-refractivity contribution in [2.75, 3.05) is 38.2 Å². The van der Waals surface area contributed by atoms with E-state index in [1.165, 1.54) is 29.7 Å². The molecule has 3 heterocycles. The molecule has 1 N–H and O–H groups in total. The van der Waals surface area contributed by atoms with Crippen LogP contribution >= 0.6 is 0 Å². The molecule has 1 aromatic heterocycles. The molecule has 1 fully saturated rings. The maximum absolute atomic E-state index is 10.5. The molecule has 0 amide bonds. The van der Waals surface area contributed by atoms with Gasteiger partial charge in [0.2, 0.25) is 0 Å². The SMILES string of the molecule is CCc1noc(C)c1C1(CN2CCCC2)C(CO)c2ccccc2N1C. The number of benzene rings is 1. The zero-order valence-electron chi connectivity index (χ0n) is 16.0. The molecule has 5 heteroatoms. The van der Waals surface area contributed by atoms with E-state index in [1.54, 1.807) is 0 Å². The number of aliphatic hydroxyl groups excluding tert-OH is 1. The average Bonchev–Trinajstić information content (AvgIpc) is 3.35. The Morgan fingerprint density at radius 1 is 1.27 bits per heavy atom. The fraction of sp³-hybridized carbons (Fsp3) is 0.571. The van der Waals surface area contributed by atoms with Gasteiger partial charge in [0, 0.05) is 30.8 Å². The lowest BCUT2D eigenvalue weighted by Crippen LogP contribution is -2.53. The van der Waals surface area contributed by atoms with Gasteiger partial charge in [0.25, 0.3) is 0 Å². The molecule has 2 aliphatic heterocycles. The summed E-state index contributed by atoms with van der Waals surface area (Å²) in [6, 6.07) is 8.48. The molecule has 0 spiro atoms. The molecule has 1 saturated heterocycles. The van der Waals surface area contributed by atoms with E-state index in [4.69, 9.17) is 4.52 Å². The fourth-order valence-corrected chi connectivity index (χ4v) is 5.18. The van der Waals surface area contributed by atoms with Gasteiger partial charge in [-0.1, -0.05) is 30.3 Å². The van der Waals surface area contributed by atoms with Gasteiger partial charge in [-0.25, -0.2) is 0 Å². The molecule has 4 rings (SSSR count). The van der Waals surface area contributed by atoms with Crippen LogP contribution in [0, 0.1) is 6.92 Å². The highest BCUT2D eigenvalue weighted by Gasteiger charge is 2.54. The fourth-order valence-electron chi connectivity index (χ4n) is 5.18. The molecule has 0 radical (unpaired) electrons. The van der Waals surface area contributed by atoms with Gasteiger partial charge in [-0.05, 0) is 50.9 Å². The van der Waals surface area contributed by atoms with Crippen molar-refractivity contribution in [2.24, 2.45) is 0 Å². The number of fused-ring (bicyclic) bond motifs is 1. The molecule has 1 aromatic carbocycles. The first-order valence-electron chi connectivity index (χ1n) is 9.75. The van der Waals surface area contributed by atoms with E-state index in [2.05, 4.69) is 53.2 Å². The number of hydrogen-bond donors (Lipinski definition) is 1. The molecule has 5 nitrogen and oxygen atoms in total. The predicted molar refractivity (Wildman–Crippen MR) is 103 cm³/mol. The molecule has 2 aromatic rings. The summed E-state index contributed by atoms with van der Waals surface area (Å²) in [6.07, 6.45) is 3.33. The van der Waals surface area contributed by atoms with E-state index in [0.29, 0.717) is 0 Å². The summed E-state index contributed by atoms with van der Waals surface area (Å²) >= 11 is 0. The zero-order chi connectivity index (χ0) is 18.3. The number of nitrogens with zero attached hydrogens (tertiary/aromatic N) is 3. The average molecular weight is 355 g/mol. The Morgan fingerprint density at radius 3 is 2.69 bits per heavy atom. The first kappa shape index (κ1) is 17.6. The number of aromatic nitrogens is 1. The molecular formula is C21H29N3O2. The Kier molecular flexibility index (Phi) is 4.53. The molecular weight excluding hydrogens is 326 g/mol. The number of aryl methyl sites for hydroxylation is 2. The largest absolute Gasteiger partial charge is 0.396 e.